The van der Waals surface area contributed by atoms with Crippen molar-refractivity contribution in [3.05, 3.63) is 11.8 Å². The second kappa shape index (κ2) is 5.60. The maximum Gasteiger partial charge on any atom is 0.247 e. The first-order chi connectivity index (χ1) is 11.4. The van der Waals surface area contributed by atoms with Crippen molar-refractivity contribution in [2.45, 2.75) is 58.4 Å². The van der Waals surface area contributed by atoms with Gasteiger partial charge in [-0.3, -0.25) is 9.59 Å². The number of carbonyl (C=O) groups is 2. The molecule has 0 aromatic carbocycles. The highest BCUT2D eigenvalue weighted by atomic mass is 16.5. The van der Waals surface area contributed by atoms with Crippen LogP contribution in [0.25, 0.3) is 0 Å². The van der Waals surface area contributed by atoms with Crippen molar-refractivity contribution < 1.29 is 14.1 Å². The highest BCUT2D eigenvalue weighted by molar-refractivity contribution is 5.97. The van der Waals surface area contributed by atoms with Crippen LogP contribution in [0.1, 0.15) is 51.2 Å². The first-order valence-electron chi connectivity index (χ1n) is 8.99. The molecule has 0 radical (unpaired) electrons. The van der Waals surface area contributed by atoms with E-state index in [0.717, 1.165) is 19.3 Å². The second-order valence-corrected chi connectivity index (χ2v) is 8.21. The zero-order chi connectivity index (χ0) is 16.9. The Morgan fingerprint density at radius 1 is 1.21 bits per heavy atom. The molecule has 4 fully saturated rings. The van der Waals surface area contributed by atoms with Crippen LogP contribution in [-0.2, 0) is 9.59 Å². The Balaban J connectivity index is 1.39. The Morgan fingerprint density at radius 2 is 1.79 bits per heavy atom. The lowest BCUT2D eigenvalue weighted by atomic mass is 9.49. The number of rotatable bonds is 4. The van der Waals surface area contributed by atoms with Crippen molar-refractivity contribution in [2.75, 3.05) is 5.32 Å². The molecule has 4 bridgehead atoms. The number of carbonyl (C=O) groups excluding carboxylic acids is 2. The molecule has 6 nitrogen and oxygen atoms in total. The molecular weight excluding hydrogens is 306 g/mol. The molecule has 24 heavy (non-hydrogen) atoms. The fourth-order valence-electron chi connectivity index (χ4n) is 5.46. The lowest BCUT2D eigenvalue weighted by molar-refractivity contribution is -0.147. The van der Waals surface area contributed by atoms with E-state index < -0.39 is 6.04 Å². The number of hydrogen-bond acceptors (Lipinski definition) is 4. The lowest BCUT2D eigenvalue weighted by Crippen LogP contribution is -2.56. The normalized spacial score (nSPS) is 34.8. The number of aryl methyl sites for hydroxylation is 1. The van der Waals surface area contributed by atoms with Crippen LogP contribution in [0, 0.1) is 30.1 Å². The largest absolute Gasteiger partial charge is 0.360 e. The van der Waals surface area contributed by atoms with E-state index in [9.17, 15) is 9.59 Å². The van der Waals surface area contributed by atoms with Crippen LogP contribution in [0.4, 0.5) is 5.82 Å². The fourth-order valence-corrected chi connectivity index (χ4v) is 5.46. The molecule has 2 N–H and O–H groups in total. The Morgan fingerprint density at radius 3 is 2.29 bits per heavy atom. The summed E-state index contributed by atoms with van der Waals surface area (Å²) < 4.78 is 4.94. The number of nitrogens with one attached hydrogen (secondary N) is 2. The summed E-state index contributed by atoms with van der Waals surface area (Å²) in [7, 11) is 0. The van der Waals surface area contributed by atoms with Gasteiger partial charge in [0.15, 0.2) is 5.82 Å². The molecule has 0 saturated heterocycles. The van der Waals surface area contributed by atoms with Gasteiger partial charge in [0.05, 0.1) is 0 Å². The molecule has 1 aromatic heterocycles. The van der Waals surface area contributed by atoms with Crippen LogP contribution in [0.5, 0.6) is 0 Å². The minimum Gasteiger partial charge on any atom is -0.360 e. The highest BCUT2D eigenvalue weighted by Crippen LogP contribution is 2.60. The molecule has 4 saturated carbocycles. The predicted molar refractivity (Wildman–Crippen MR) is 88.1 cm³/mol. The van der Waals surface area contributed by atoms with E-state index in [4.69, 9.17) is 4.52 Å². The maximum atomic E-state index is 12.9. The Bertz CT molecular complexity index is 631. The molecule has 1 heterocycles. The van der Waals surface area contributed by atoms with E-state index in [1.807, 2.05) is 0 Å². The number of nitrogens with zero attached hydrogens (tertiary/aromatic N) is 1. The summed E-state index contributed by atoms with van der Waals surface area (Å²) in [6.45, 7) is 3.49. The number of anilines is 1. The molecule has 0 aliphatic heterocycles. The molecule has 5 rings (SSSR count). The van der Waals surface area contributed by atoms with Gasteiger partial charge in [0.1, 0.15) is 11.8 Å². The molecule has 0 unspecified atom stereocenters. The minimum atomic E-state index is -0.581. The average Bonchev–Trinajstić information content (AvgIpc) is 2.90. The molecular formula is C18H25N3O3. The smallest absolute Gasteiger partial charge is 0.247 e. The van der Waals surface area contributed by atoms with Crippen molar-refractivity contribution in [2.24, 2.45) is 23.2 Å². The van der Waals surface area contributed by atoms with Crippen LogP contribution in [-0.4, -0.2) is 23.0 Å². The van der Waals surface area contributed by atoms with Gasteiger partial charge in [0, 0.05) is 11.5 Å². The van der Waals surface area contributed by atoms with Crippen molar-refractivity contribution >= 4 is 17.6 Å². The third-order valence-electron chi connectivity index (χ3n) is 6.14. The van der Waals surface area contributed by atoms with Crippen molar-refractivity contribution in [3.63, 3.8) is 0 Å². The molecule has 1 atom stereocenters. The third kappa shape index (κ3) is 2.72. The van der Waals surface area contributed by atoms with Crippen LogP contribution in [0.3, 0.4) is 0 Å². The first-order valence-corrected chi connectivity index (χ1v) is 8.99. The molecule has 4 aliphatic carbocycles. The van der Waals surface area contributed by atoms with E-state index in [2.05, 4.69) is 15.8 Å². The van der Waals surface area contributed by atoms with Crippen LogP contribution < -0.4 is 10.6 Å². The van der Waals surface area contributed by atoms with Crippen LogP contribution in [0.2, 0.25) is 0 Å². The van der Waals surface area contributed by atoms with E-state index >= 15 is 0 Å². The minimum absolute atomic E-state index is 0.0700. The summed E-state index contributed by atoms with van der Waals surface area (Å²) in [5.74, 6) is 2.96. The van der Waals surface area contributed by atoms with Gasteiger partial charge in [0.2, 0.25) is 11.8 Å². The zero-order valence-corrected chi connectivity index (χ0v) is 14.3. The van der Waals surface area contributed by atoms with E-state index in [1.54, 1.807) is 19.9 Å². The quantitative estimate of drug-likeness (QED) is 0.888. The lowest BCUT2D eigenvalue weighted by Gasteiger charge is -2.55. The van der Waals surface area contributed by atoms with Gasteiger partial charge in [0.25, 0.3) is 0 Å². The van der Waals surface area contributed by atoms with Gasteiger partial charge in [-0.05, 0) is 70.1 Å². The predicted octanol–water partition coefficient (Wildman–Crippen LogP) is 2.64. The SMILES string of the molecule is Cc1cc(NC(=O)[C@H](C)NC(=O)C23CC4CC(CC(C4)C2)C3)no1. The number of aromatic nitrogens is 1. The Hall–Kier alpha value is -1.85. The molecule has 2 amide bonds. The van der Waals surface area contributed by atoms with Gasteiger partial charge in [-0.15, -0.1) is 0 Å². The topological polar surface area (TPSA) is 84.2 Å². The number of hydrogen-bond donors (Lipinski definition) is 2. The molecule has 130 valence electrons. The van der Waals surface area contributed by atoms with E-state index in [-0.39, 0.29) is 17.2 Å². The average molecular weight is 331 g/mol. The maximum absolute atomic E-state index is 12.9. The number of amides is 2. The Kier molecular flexibility index (Phi) is 3.66. The van der Waals surface area contributed by atoms with Crippen molar-refractivity contribution in [1.29, 1.82) is 0 Å². The summed E-state index contributed by atoms with van der Waals surface area (Å²) in [6.07, 6.45) is 6.90. The van der Waals surface area contributed by atoms with E-state index in [1.165, 1.54) is 19.3 Å². The Labute approximate surface area is 141 Å². The van der Waals surface area contributed by atoms with Gasteiger partial charge in [-0.1, -0.05) is 5.16 Å². The van der Waals surface area contributed by atoms with Gasteiger partial charge < -0.3 is 15.2 Å². The van der Waals surface area contributed by atoms with Crippen LogP contribution >= 0.6 is 0 Å². The monoisotopic (exact) mass is 331 g/mol. The van der Waals surface area contributed by atoms with Crippen molar-refractivity contribution in [3.8, 4) is 0 Å². The summed E-state index contributed by atoms with van der Waals surface area (Å²) >= 11 is 0. The zero-order valence-electron chi connectivity index (χ0n) is 14.3. The van der Waals surface area contributed by atoms with Gasteiger partial charge in [-0.25, -0.2) is 0 Å². The molecule has 4 aliphatic rings. The first kappa shape index (κ1) is 15.7. The highest BCUT2D eigenvalue weighted by Gasteiger charge is 2.54. The summed E-state index contributed by atoms with van der Waals surface area (Å²) in [5.41, 5.74) is -0.228. The molecule has 6 heteroatoms. The summed E-state index contributed by atoms with van der Waals surface area (Å²) in [5, 5.41) is 9.39. The summed E-state index contributed by atoms with van der Waals surface area (Å²) in [4.78, 5) is 25.2. The second-order valence-electron chi connectivity index (χ2n) is 8.21. The van der Waals surface area contributed by atoms with Crippen molar-refractivity contribution in [1.82, 2.24) is 10.5 Å². The summed E-state index contributed by atoms with van der Waals surface area (Å²) in [6, 6.07) is 1.08. The molecule has 0 spiro atoms. The van der Waals surface area contributed by atoms with Crippen LogP contribution in [0.15, 0.2) is 10.6 Å². The van der Waals surface area contributed by atoms with E-state index in [0.29, 0.717) is 29.3 Å². The fraction of sp³-hybridized carbons (Fsp3) is 0.722. The third-order valence-corrected chi connectivity index (χ3v) is 6.14. The van der Waals surface area contributed by atoms with Gasteiger partial charge in [-0.2, -0.15) is 0 Å². The standard InChI is InChI=1S/C18H25N3O3/c1-10-3-15(21-24-10)20-16(22)11(2)19-17(23)18-7-12-4-13(8-18)6-14(5-12)9-18/h3,11-14H,4-9H2,1-2H3,(H,19,23)(H,20,21,22)/t11-,12?,13?,14?,18?/m0/s1. The van der Waals surface area contributed by atoms with Gasteiger partial charge >= 0.3 is 0 Å². The molecule has 1 aromatic rings.